The summed E-state index contributed by atoms with van der Waals surface area (Å²) >= 11 is 0.805. The smallest absolute Gasteiger partial charge is 0.392 e. The highest BCUT2D eigenvalue weighted by Crippen LogP contribution is 2.37. The van der Waals surface area contributed by atoms with Crippen LogP contribution in [-0.2, 0) is 6.18 Å². The van der Waals surface area contributed by atoms with Crippen molar-refractivity contribution < 1.29 is 23.2 Å². The van der Waals surface area contributed by atoms with Crippen LogP contribution >= 0.6 is 11.8 Å². The van der Waals surface area contributed by atoms with E-state index in [0.29, 0.717) is 12.3 Å². The van der Waals surface area contributed by atoms with E-state index < -0.39 is 33.8 Å². The quantitative estimate of drug-likeness (QED) is 0.525. The standard InChI is InChI=1S/C10H11F3N2O3S/c1-5(16)6(2)19-8-3-9(10(11,12)13)14-4-7(8)15(17)18/h3-6,16H,1-2H3. The molecule has 0 aliphatic carbocycles. The number of thioether (sulfide) groups is 1. The molecule has 19 heavy (non-hydrogen) atoms. The molecule has 1 aromatic heterocycles. The van der Waals surface area contributed by atoms with Crippen LogP contribution < -0.4 is 0 Å². The maximum Gasteiger partial charge on any atom is 0.433 e. The number of aliphatic hydroxyl groups excluding tert-OH is 1. The van der Waals surface area contributed by atoms with Crippen LogP contribution in [0, 0.1) is 10.1 Å². The summed E-state index contributed by atoms with van der Waals surface area (Å²) in [6, 6.07) is 0.627. The Morgan fingerprint density at radius 1 is 1.47 bits per heavy atom. The predicted octanol–water partition coefficient (Wildman–Crippen LogP) is 2.87. The molecule has 2 unspecified atom stereocenters. The lowest BCUT2D eigenvalue weighted by Crippen LogP contribution is -2.16. The van der Waals surface area contributed by atoms with Crippen molar-refractivity contribution in [2.24, 2.45) is 0 Å². The summed E-state index contributed by atoms with van der Waals surface area (Å²) in [5.74, 6) is 0. The summed E-state index contributed by atoms with van der Waals surface area (Å²) < 4.78 is 37.5. The molecule has 0 aromatic carbocycles. The highest BCUT2D eigenvalue weighted by Gasteiger charge is 2.34. The second-order valence-electron chi connectivity index (χ2n) is 3.86. The number of aromatic nitrogens is 1. The van der Waals surface area contributed by atoms with Crippen LogP contribution in [0.2, 0.25) is 0 Å². The number of pyridine rings is 1. The van der Waals surface area contributed by atoms with E-state index in [2.05, 4.69) is 4.98 Å². The van der Waals surface area contributed by atoms with E-state index in [-0.39, 0.29) is 4.90 Å². The van der Waals surface area contributed by atoms with Gasteiger partial charge in [0.05, 0.1) is 15.9 Å². The van der Waals surface area contributed by atoms with Crippen molar-refractivity contribution in [3.8, 4) is 0 Å². The zero-order chi connectivity index (χ0) is 14.8. The van der Waals surface area contributed by atoms with Crippen molar-refractivity contribution in [1.82, 2.24) is 4.98 Å². The number of hydrogen-bond donors (Lipinski definition) is 1. The fourth-order valence-corrected chi connectivity index (χ4v) is 2.14. The Kier molecular flexibility index (Phi) is 4.75. The van der Waals surface area contributed by atoms with Gasteiger partial charge in [0.1, 0.15) is 11.9 Å². The van der Waals surface area contributed by atoms with Crippen molar-refractivity contribution in [1.29, 1.82) is 0 Å². The van der Waals surface area contributed by atoms with E-state index in [0.717, 1.165) is 11.8 Å². The van der Waals surface area contributed by atoms with E-state index in [9.17, 15) is 28.4 Å². The number of aliphatic hydroxyl groups is 1. The van der Waals surface area contributed by atoms with Crippen LogP contribution in [0.1, 0.15) is 19.5 Å². The molecule has 1 aromatic rings. The first kappa shape index (κ1) is 15.7. The predicted molar refractivity (Wildman–Crippen MR) is 62.9 cm³/mol. The minimum absolute atomic E-state index is 0.166. The van der Waals surface area contributed by atoms with Crippen LogP contribution in [0.5, 0.6) is 0 Å². The zero-order valence-electron chi connectivity index (χ0n) is 10.0. The van der Waals surface area contributed by atoms with Crippen LogP contribution in [0.4, 0.5) is 18.9 Å². The molecule has 0 spiro atoms. The summed E-state index contributed by atoms with van der Waals surface area (Å²) in [6.07, 6.45) is -4.90. The van der Waals surface area contributed by atoms with E-state index in [4.69, 9.17) is 0 Å². The van der Waals surface area contributed by atoms with Gasteiger partial charge in [0.15, 0.2) is 0 Å². The molecule has 0 saturated heterocycles. The normalized spacial score (nSPS) is 15.1. The van der Waals surface area contributed by atoms with Gasteiger partial charge in [0.25, 0.3) is 0 Å². The highest BCUT2D eigenvalue weighted by molar-refractivity contribution is 8.00. The van der Waals surface area contributed by atoms with Crippen molar-refractivity contribution in [2.45, 2.75) is 36.3 Å². The summed E-state index contributed by atoms with van der Waals surface area (Å²) in [5, 5.41) is 19.6. The summed E-state index contributed by atoms with van der Waals surface area (Å²) in [6.45, 7) is 3.02. The summed E-state index contributed by atoms with van der Waals surface area (Å²) in [7, 11) is 0. The van der Waals surface area contributed by atoms with Gasteiger partial charge in [-0.05, 0) is 13.0 Å². The van der Waals surface area contributed by atoms with Gasteiger partial charge in [-0.2, -0.15) is 13.2 Å². The van der Waals surface area contributed by atoms with E-state index in [1.807, 2.05) is 0 Å². The number of alkyl halides is 3. The monoisotopic (exact) mass is 296 g/mol. The second kappa shape index (κ2) is 5.74. The Bertz CT molecular complexity index is 480. The largest absolute Gasteiger partial charge is 0.433 e. The van der Waals surface area contributed by atoms with E-state index in [1.165, 1.54) is 6.92 Å². The van der Waals surface area contributed by atoms with Crippen LogP contribution in [0.15, 0.2) is 17.2 Å². The molecule has 0 fully saturated rings. The fraction of sp³-hybridized carbons (Fsp3) is 0.500. The Hall–Kier alpha value is -1.35. The van der Waals surface area contributed by atoms with Gasteiger partial charge in [0, 0.05) is 5.25 Å². The summed E-state index contributed by atoms with van der Waals surface area (Å²) in [5.41, 5.74) is -1.70. The molecular weight excluding hydrogens is 285 g/mol. The van der Waals surface area contributed by atoms with Crippen molar-refractivity contribution >= 4 is 17.4 Å². The Balaban J connectivity index is 3.20. The van der Waals surface area contributed by atoms with E-state index >= 15 is 0 Å². The van der Waals surface area contributed by atoms with Crippen molar-refractivity contribution in [3.05, 3.63) is 28.1 Å². The highest BCUT2D eigenvalue weighted by atomic mass is 32.2. The molecule has 106 valence electrons. The minimum Gasteiger partial charge on any atom is -0.392 e. The lowest BCUT2D eigenvalue weighted by atomic mass is 10.3. The molecule has 2 atom stereocenters. The number of halogens is 3. The van der Waals surface area contributed by atoms with Crippen LogP contribution in [0.25, 0.3) is 0 Å². The second-order valence-corrected chi connectivity index (χ2v) is 5.27. The SMILES string of the molecule is CC(O)C(C)Sc1cc(C(F)(F)F)ncc1[N+](=O)[O-]. The number of hydrogen-bond acceptors (Lipinski definition) is 5. The molecule has 1 heterocycles. The molecule has 0 aliphatic rings. The zero-order valence-corrected chi connectivity index (χ0v) is 10.8. The Labute approximate surface area is 111 Å². The topological polar surface area (TPSA) is 76.3 Å². The third-order valence-electron chi connectivity index (χ3n) is 2.33. The van der Waals surface area contributed by atoms with Crippen molar-refractivity contribution in [3.63, 3.8) is 0 Å². The van der Waals surface area contributed by atoms with E-state index in [1.54, 1.807) is 6.92 Å². The minimum atomic E-state index is -4.67. The molecule has 0 radical (unpaired) electrons. The number of nitro groups is 1. The van der Waals surface area contributed by atoms with Gasteiger partial charge in [-0.3, -0.25) is 10.1 Å². The van der Waals surface area contributed by atoms with Crippen molar-refractivity contribution in [2.75, 3.05) is 0 Å². The third kappa shape index (κ3) is 4.06. The Morgan fingerprint density at radius 3 is 2.47 bits per heavy atom. The first-order chi connectivity index (χ1) is 8.62. The van der Waals surface area contributed by atoms with Gasteiger partial charge in [-0.1, -0.05) is 6.92 Å². The molecule has 1 rings (SSSR count). The van der Waals surface area contributed by atoms with Crippen LogP contribution in [-0.4, -0.2) is 26.4 Å². The third-order valence-corrected chi connectivity index (χ3v) is 3.67. The first-order valence-corrected chi connectivity index (χ1v) is 6.07. The number of nitrogens with zero attached hydrogens (tertiary/aromatic N) is 2. The molecule has 9 heteroatoms. The van der Waals surface area contributed by atoms with Crippen LogP contribution in [0.3, 0.4) is 0 Å². The molecule has 0 saturated carbocycles. The van der Waals surface area contributed by atoms with Gasteiger partial charge < -0.3 is 5.11 Å². The molecule has 1 N–H and O–H groups in total. The first-order valence-electron chi connectivity index (χ1n) is 5.19. The van der Waals surface area contributed by atoms with Gasteiger partial charge in [-0.25, -0.2) is 4.98 Å². The average molecular weight is 296 g/mol. The lowest BCUT2D eigenvalue weighted by Gasteiger charge is -2.14. The fourth-order valence-electron chi connectivity index (χ4n) is 1.11. The molecule has 0 aliphatic heterocycles. The average Bonchev–Trinajstić information content (AvgIpc) is 2.27. The Morgan fingerprint density at radius 2 is 2.05 bits per heavy atom. The molecular formula is C10H11F3N2O3S. The maximum atomic E-state index is 12.5. The molecule has 0 bridgehead atoms. The number of rotatable bonds is 4. The van der Waals surface area contributed by atoms with Gasteiger partial charge in [-0.15, -0.1) is 11.8 Å². The van der Waals surface area contributed by atoms with Gasteiger partial charge in [0.2, 0.25) is 0 Å². The summed E-state index contributed by atoms with van der Waals surface area (Å²) in [4.78, 5) is 12.8. The van der Waals surface area contributed by atoms with Gasteiger partial charge >= 0.3 is 11.9 Å². The molecule has 5 nitrogen and oxygen atoms in total. The molecule has 0 amide bonds. The lowest BCUT2D eigenvalue weighted by molar-refractivity contribution is -0.388. The maximum absolute atomic E-state index is 12.5.